The van der Waals surface area contributed by atoms with Gasteiger partial charge in [0.2, 0.25) is 5.91 Å². The van der Waals surface area contributed by atoms with Crippen molar-refractivity contribution in [2.45, 2.75) is 51.6 Å². The Balaban J connectivity index is 1.72. The van der Waals surface area contributed by atoms with Crippen molar-refractivity contribution >= 4 is 5.91 Å². The summed E-state index contributed by atoms with van der Waals surface area (Å²) in [5.74, 6) is 0.465. The molecule has 4 nitrogen and oxygen atoms in total. The zero-order chi connectivity index (χ0) is 13.0. The van der Waals surface area contributed by atoms with Crippen molar-refractivity contribution < 1.29 is 4.79 Å². The van der Waals surface area contributed by atoms with Crippen LogP contribution in [0.1, 0.15) is 39.5 Å². The normalized spacial score (nSPS) is 27.4. The SMILES string of the molecule is CC(C)N1CCC(NC(=O)[C@@H]2CCCNC2)CC1. The van der Waals surface area contributed by atoms with Crippen LogP contribution >= 0.6 is 0 Å². The average Bonchev–Trinajstić information content (AvgIpc) is 2.40. The lowest BCUT2D eigenvalue weighted by atomic mass is 9.97. The fourth-order valence-corrected chi connectivity index (χ4v) is 2.95. The van der Waals surface area contributed by atoms with Crippen LogP contribution in [0.2, 0.25) is 0 Å². The standard InChI is InChI=1S/C14H27N3O/c1-11(2)17-8-5-13(6-9-17)16-14(18)12-4-3-7-15-10-12/h11-13,15H,3-10H2,1-2H3,(H,16,18)/t12-/m1/s1. The Labute approximate surface area is 110 Å². The van der Waals surface area contributed by atoms with E-state index in [1.54, 1.807) is 0 Å². The number of hydrogen-bond acceptors (Lipinski definition) is 3. The summed E-state index contributed by atoms with van der Waals surface area (Å²) in [6.45, 7) is 8.64. The van der Waals surface area contributed by atoms with Crippen LogP contribution in [0.15, 0.2) is 0 Å². The smallest absolute Gasteiger partial charge is 0.224 e. The molecule has 0 aromatic carbocycles. The first-order valence-electron chi connectivity index (χ1n) is 7.42. The van der Waals surface area contributed by atoms with E-state index < -0.39 is 0 Å². The van der Waals surface area contributed by atoms with Crippen LogP contribution in [0.3, 0.4) is 0 Å². The molecule has 0 unspecified atom stereocenters. The number of amides is 1. The van der Waals surface area contributed by atoms with Crippen molar-refractivity contribution in [1.29, 1.82) is 0 Å². The lowest BCUT2D eigenvalue weighted by Crippen LogP contribution is -2.49. The number of hydrogen-bond donors (Lipinski definition) is 2. The van der Waals surface area contributed by atoms with Gasteiger partial charge in [-0.1, -0.05) is 0 Å². The first-order valence-corrected chi connectivity index (χ1v) is 7.42. The number of likely N-dealkylation sites (tertiary alicyclic amines) is 1. The molecule has 2 saturated heterocycles. The van der Waals surface area contributed by atoms with Crippen molar-refractivity contribution in [2.75, 3.05) is 26.2 Å². The van der Waals surface area contributed by atoms with E-state index >= 15 is 0 Å². The molecule has 2 aliphatic rings. The minimum absolute atomic E-state index is 0.196. The molecule has 0 radical (unpaired) electrons. The van der Waals surface area contributed by atoms with Crippen LogP contribution in [0.5, 0.6) is 0 Å². The lowest BCUT2D eigenvalue weighted by Gasteiger charge is -2.35. The summed E-state index contributed by atoms with van der Waals surface area (Å²) in [7, 11) is 0. The summed E-state index contributed by atoms with van der Waals surface area (Å²) < 4.78 is 0. The summed E-state index contributed by atoms with van der Waals surface area (Å²) in [6, 6.07) is 1.03. The molecule has 2 N–H and O–H groups in total. The van der Waals surface area contributed by atoms with Gasteiger partial charge < -0.3 is 15.5 Å². The van der Waals surface area contributed by atoms with Crippen LogP contribution in [-0.2, 0) is 4.79 Å². The number of carbonyl (C=O) groups is 1. The van der Waals surface area contributed by atoms with E-state index in [1.165, 1.54) is 0 Å². The zero-order valence-electron chi connectivity index (χ0n) is 11.7. The number of piperidine rings is 2. The van der Waals surface area contributed by atoms with Gasteiger partial charge in [-0.05, 0) is 46.1 Å². The second-order valence-electron chi connectivity index (χ2n) is 5.96. The second-order valence-corrected chi connectivity index (χ2v) is 5.96. The van der Waals surface area contributed by atoms with Gasteiger partial charge in [-0.25, -0.2) is 0 Å². The predicted octanol–water partition coefficient (Wildman–Crippen LogP) is 0.975. The van der Waals surface area contributed by atoms with Crippen molar-refractivity contribution in [1.82, 2.24) is 15.5 Å². The van der Waals surface area contributed by atoms with Crippen molar-refractivity contribution in [2.24, 2.45) is 5.92 Å². The van der Waals surface area contributed by atoms with Gasteiger partial charge in [0.15, 0.2) is 0 Å². The Bertz CT molecular complexity index is 266. The molecule has 1 atom stereocenters. The van der Waals surface area contributed by atoms with Crippen LogP contribution in [0.4, 0.5) is 0 Å². The maximum atomic E-state index is 12.1. The molecule has 0 spiro atoms. The molecule has 18 heavy (non-hydrogen) atoms. The number of nitrogens with one attached hydrogen (secondary N) is 2. The third kappa shape index (κ3) is 3.69. The van der Waals surface area contributed by atoms with Crippen molar-refractivity contribution in [3.63, 3.8) is 0 Å². The molecule has 2 rings (SSSR count). The molecule has 0 aromatic heterocycles. The summed E-state index contributed by atoms with van der Waals surface area (Å²) >= 11 is 0. The van der Waals surface area contributed by atoms with Gasteiger partial charge >= 0.3 is 0 Å². The zero-order valence-corrected chi connectivity index (χ0v) is 11.7. The monoisotopic (exact) mass is 253 g/mol. The summed E-state index contributed by atoms with van der Waals surface area (Å²) in [4.78, 5) is 14.6. The van der Waals surface area contributed by atoms with Gasteiger partial charge in [0.25, 0.3) is 0 Å². The van der Waals surface area contributed by atoms with Gasteiger partial charge in [0.1, 0.15) is 0 Å². The molecular weight excluding hydrogens is 226 g/mol. The molecule has 2 fully saturated rings. The molecule has 1 amide bonds. The van der Waals surface area contributed by atoms with E-state index in [4.69, 9.17) is 0 Å². The molecule has 2 heterocycles. The first-order chi connectivity index (χ1) is 8.66. The third-order valence-corrected chi connectivity index (χ3v) is 4.27. The highest BCUT2D eigenvalue weighted by atomic mass is 16.2. The molecular formula is C14H27N3O. The fourth-order valence-electron chi connectivity index (χ4n) is 2.95. The summed E-state index contributed by atoms with van der Waals surface area (Å²) in [5.41, 5.74) is 0. The van der Waals surface area contributed by atoms with E-state index in [0.29, 0.717) is 12.1 Å². The molecule has 104 valence electrons. The molecule has 0 aliphatic carbocycles. The minimum atomic E-state index is 0.196. The average molecular weight is 253 g/mol. The molecule has 0 saturated carbocycles. The second kappa shape index (κ2) is 6.53. The van der Waals surface area contributed by atoms with Gasteiger partial charge in [0, 0.05) is 31.7 Å². The molecule has 0 bridgehead atoms. The third-order valence-electron chi connectivity index (χ3n) is 4.27. The molecule has 2 aliphatic heterocycles. The lowest BCUT2D eigenvalue weighted by molar-refractivity contribution is -0.126. The molecule has 0 aromatic rings. The molecule has 4 heteroatoms. The van der Waals surface area contributed by atoms with Gasteiger partial charge in [-0.3, -0.25) is 4.79 Å². The topological polar surface area (TPSA) is 44.4 Å². The van der Waals surface area contributed by atoms with Gasteiger partial charge in [0.05, 0.1) is 5.92 Å². The van der Waals surface area contributed by atoms with E-state index in [-0.39, 0.29) is 11.8 Å². The van der Waals surface area contributed by atoms with E-state index in [9.17, 15) is 4.79 Å². The van der Waals surface area contributed by atoms with E-state index in [1.807, 2.05) is 0 Å². The Morgan fingerprint density at radius 1 is 1.28 bits per heavy atom. The fraction of sp³-hybridized carbons (Fsp3) is 0.929. The van der Waals surface area contributed by atoms with Crippen LogP contribution < -0.4 is 10.6 Å². The highest BCUT2D eigenvalue weighted by molar-refractivity contribution is 5.79. The Kier molecular flexibility index (Phi) is 5.01. The van der Waals surface area contributed by atoms with Gasteiger partial charge in [-0.2, -0.15) is 0 Å². The first kappa shape index (κ1) is 13.8. The highest BCUT2D eigenvalue weighted by Gasteiger charge is 2.26. The summed E-state index contributed by atoms with van der Waals surface area (Å²) in [5, 5.41) is 6.55. The predicted molar refractivity (Wildman–Crippen MR) is 73.5 cm³/mol. The maximum Gasteiger partial charge on any atom is 0.224 e. The number of carbonyl (C=O) groups excluding carboxylic acids is 1. The highest BCUT2D eigenvalue weighted by Crippen LogP contribution is 2.15. The van der Waals surface area contributed by atoms with Crippen molar-refractivity contribution in [3.8, 4) is 0 Å². The quantitative estimate of drug-likeness (QED) is 0.788. The Morgan fingerprint density at radius 2 is 2.00 bits per heavy atom. The van der Waals surface area contributed by atoms with Gasteiger partial charge in [-0.15, -0.1) is 0 Å². The van der Waals surface area contributed by atoms with E-state index in [2.05, 4.69) is 29.4 Å². The Hall–Kier alpha value is -0.610. The minimum Gasteiger partial charge on any atom is -0.353 e. The summed E-state index contributed by atoms with van der Waals surface area (Å²) in [6.07, 6.45) is 4.38. The number of rotatable bonds is 3. The maximum absolute atomic E-state index is 12.1. The van der Waals surface area contributed by atoms with Crippen LogP contribution in [0, 0.1) is 5.92 Å². The van der Waals surface area contributed by atoms with Crippen molar-refractivity contribution in [3.05, 3.63) is 0 Å². The van der Waals surface area contributed by atoms with E-state index in [0.717, 1.165) is 51.9 Å². The van der Waals surface area contributed by atoms with Crippen LogP contribution in [-0.4, -0.2) is 49.1 Å². The van der Waals surface area contributed by atoms with Crippen LogP contribution in [0.25, 0.3) is 0 Å². The largest absolute Gasteiger partial charge is 0.353 e. The number of nitrogens with zero attached hydrogens (tertiary/aromatic N) is 1. The Morgan fingerprint density at radius 3 is 2.56 bits per heavy atom.